The molecular weight excluding hydrogens is 240 g/mol. The Morgan fingerprint density at radius 3 is 2.89 bits per heavy atom. The lowest BCUT2D eigenvalue weighted by atomic mass is 9.70. The quantitative estimate of drug-likeness (QED) is 0.815. The van der Waals surface area contributed by atoms with Crippen molar-refractivity contribution in [3.05, 3.63) is 0 Å². The first-order valence-electron chi connectivity index (χ1n) is 7.92. The summed E-state index contributed by atoms with van der Waals surface area (Å²) < 4.78 is 5.56. The van der Waals surface area contributed by atoms with Crippen LogP contribution in [0.5, 0.6) is 0 Å². The van der Waals surface area contributed by atoms with E-state index in [2.05, 4.69) is 10.6 Å². The van der Waals surface area contributed by atoms with Crippen molar-refractivity contribution < 1.29 is 9.53 Å². The molecule has 2 saturated heterocycles. The maximum Gasteiger partial charge on any atom is 0.220 e. The van der Waals surface area contributed by atoms with Crippen molar-refractivity contribution in [3.8, 4) is 0 Å². The number of ether oxygens (including phenoxy) is 1. The molecule has 108 valence electrons. The van der Waals surface area contributed by atoms with Gasteiger partial charge in [0.05, 0.1) is 6.10 Å². The molecule has 3 fully saturated rings. The standard InChI is InChI=1S/C15H26N2O2/c18-14(5-4-13-3-1-10-19-13)17-12-6-9-16-15(11-12)7-2-8-15/h12-13,16H,1-11H2,(H,17,18). The molecule has 3 rings (SSSR count). The highest BCUT2D eigenvalue weighted by molar-refractivity contribution is 5.76. The molecule has 0 aromatic heterocycles. The average Bonchev–Trinajstić information content (AvgIpc) is 2.88. The Kier molecular flexibility index (Phi) is 4.08. The molecular formula is C15H26N2O2. The lowest BCUT2D eigenvalue weighted by Crippen LogP contribution is -2.59. The third-order valence-electron chi connectivity index (χ3n) is 5.02. The predicted octanol–water partition coefficient (Wildman–Crippen LogP) is 1.74. The Balaban J connectivity index is 1.38. The van der Waals surface area contributed by atoms with Gasteiger partial charge < -0.3 is 15.4 Å². The molecule has 1 spiro atoms. The second-order valence-corrected chi connectivity index (χ2v) is 6.49. The Bertz CT molecular complexity index is 322. The molecule has 4 heteroatoms. The van der Waals surface area contributed by atoms with E-state index >= 15 is 0 Å². The molecule has 2 heterocycles. The van der Waals surface area contributed by atoms with Crippen LogP contribution < -0.4 is 10.6 Å². The van der Waals surface area contributed by atoms with Gasteiger partial charge >= 0.3 is 0 Å². The van der Waals surface area contributed by atoms with Gasteiger partial charge in [-0.25, -0.2) is 0 Å². The number of hydrogen-bond acceptors (Lipinski definition) is 3. The summed E-state index contributed by atoms with van der Waals surface area (Å²) in [6.45, 7) is 1.93. The Labute approximate surface area is 115 Å². The molecule has 1 saturated carbocycles. The SMILES string of the molecule is O=C(CCC1CCCO1)NC1CCNC2(CCC2)C1. The van der Waals surface area contributed by atoms with Crippen molar-refractivity contribution in [1.29, 1.82) is 0 Å². The van der Waals surface area contributed by atoms with Gasteiger partial charge in [-0.2, -0.15) is 0 Å². The normalized spacial score (nSPS) is 33.1. The zero-order chi connectivity index (χ0) is 13.1. The topological polar surface area (TPSA) is 50.4 Å². The van der Waals surface area contributed by atoms with Gasteiger partial charge in [0, 0.05) is 24.6 Å². The van der Waals surface area contributed by atoms with Gasteiger partial charge in [-0.15, -0.1) is 0 Å². The van der Waals surface area contributed by atoms with Crippen LogP contribution in [0, 0.1) is 0 Å². The minimum Gasteiger partial charge on any atom is -0.378 e. The fraction of sp³-hybridized carbons (Fsp3) is 0.933. The van der Waals surface area contributed by atoms with Gasteiger partial charge in [0.15, 0.2) is 0 Å². The van der Waals surface area contributed by atoms with Crippen molar-refractivity contribution in [2.45, 2.75) is 75.5 Å². The van der Waals surface area contributed by atoms with E-state index in [1.807, 2.05) is 0 Å². The number of hydrogen-bond donors (Lipinski definition) is 2. The van der Waals surface area contributed by atoms with E-state index in [1.54, 1.807) is 0 Å². The van der Waals surface area contributed by atoms with Crippen molar-refractivity contribution in [1.82, 2.24) is 10.6 Å². The van der Waals surface area contributed by atoms with E-state index in [0.717, 1.165) is 45.3 Å². The van der Waals surface area contributed by atoms with Crippen LogP contribution in [0.1, 0.15) is 57.8 Å². The monoisotopic (exact) mass is 266 g/mol. The highest BCUT2D eigenvalue weighted by Crippen LogP contribution is 2.38. The molecule has 2 aliphatic heterocycles. The Morgan fingerprint density at radius 2 is 2.21 bits per heavy atom. The maximum atomic E-state index is 12.0. The summed E-state index contributed by atoms with van der Waals surface area (Å²) in [5.41, 5.74) is 0.366. The van der Waals surface area contributed by atoms with Gasteiger partial charge in [0.2, 0.25) is 5.91 Å². The first kappa shape index (κ1) is 13.4. The van der Waals surface area contributed by atoms with Gasteiger partial charge in [-0.05, 0) is 57.9 Å². The molecule has 4 nitrogen and oxygen atoms in total. The second-order valence-electron chi connectivity index (χ2n) is 6.49. The van der Waals surface area contributed by atoms with E-state index in [4.69, 9.17) is 4.74 Å². The molecule has 2 N–H and O–H groups in total. The van der Waals surface area contributed by atoms with Crippen molar-refractivity contribution in [2.75, 3.05) is 13.2 Å². The smallest absolute Gasteiger partial charge is 0.220 e. The molecule has 2 unspecified atom stereocenters. The summed E-state index contributed by atoms with van der Waals surface area (Å²) in [6.07, 6.45) is 10.2. The Morgan fingerprint density at radius 1 is 1.32 bits per heavy atom. The van der Waals surface area contributed by atoms with Crippen molar-refractivity contribution in [2.24, 2.45) is 0 Å². The number of rotatable bonds is 4. The van der Waals surface area contributed by atoms with Crippen LogP contribution in [-0.4, -0.2) is 36.7 Å². The average molecular weight is 266 g/mol. The molecule has 0 bridgehead atoms. The van der Waals surface area contributed by atoms with E-state index in [-0.39, 0.29) is 5.91 Å². The Hall–Kier alpha value is -0.610. The molecule has 0 aromatic carbocycles. The highest BCUT2D eigenvalue weighted by Gasteiger charge is 2.41. The molecule has 0 aromatic rings. The van der Waals surface area contributed by atoms with Gasteiger partial charge in [-0.3, -0.25) is 4.79 Å². The molecule has 3 aliphatic rings. The van der Waals surface area contributed by atoms with Crippen LogP contribution in [0.3, 0.4) is 0 Å². The summed E-state index contributed by atoms with van der Waals surface area (Å²) in [5.74, 6) is 0.219. The van der Waals surface area contributed by atoms with Gasteiger partial charge in [0.25, 0.3) is 0 Å². The molecule has 2 atom stereocenters. The number of piperidine rings is 1. The van der Waals surface area contributed by atoms with E-state index in [9.17, 15) is 4.79 Å². The summed E-state index contributed by atoms with van der Waals surface area (Å²) in [7, 11) is 0. The van der Waals surface area contributed by atoms with Crippen LogP contribution >= 0.6 is 0 Å². The minimum absolute atomic E-state index is 0.219. The van der Waals surface area contributed by atoms with Crippen molar-refractivity contribution >= 4 is 5.91 Å². The molecule has 0 radical (unpaired) electrons. The van der Waals surface area contributed by atoms with Crippen molar-refractivity contribution in [3.63, 3.8) is 0 Å². The van der Waals surface area contributed by atoms with Crippen LogP contribution in [0.25, 0.3) is 0 Å². The van der Waals surface area contributed by atoms with E-state index in [0.29, 0.717) is 24.1 Å². The lowest BCUT2D eigenvalue weighted by Gasteiger charge is -2.48. The maximum absolute atomic E-state index is 12.0. The highest BCUT2D eigenvalue weighted by atomic mass is 16.5. The zero-order valence-electron chi connectivity index (χ0n) is 11.7. The first-order valence-corrected chi connectivity index (χ1v) is 7.92. The van der Waals surface area contributed by atoms with Crippen LogP contribution in [-0.2, 0) is 9.53 Å². The third-order valence-corrected chi connectivity index (χ3v) is 5.02. The van der Waals surface area contributed by atoms with Crippen LogP contribution in [0.4, 0.5) is 0 Å². The fourth-order valence-corrected chi connectivity index (χ4v) is 3.73. The molecule has 1 amide bonds. The van der Waals surface area contributed by atoms with E-state index in [1.165, 1.54) is 19.3 Å². The van der Waals surface area contributed by atoms with Crippen LogP contribution in [0.15, 0.2) is 0 Å². The van der Waals surface area contributed by atoms with Gasteiger partial charge in [0.1, 0.15) is 0 Å². The summed E-state index contributed by atoms with van der Waals surface area (Å²) in [4.78, 5) is 12.0. The second kappa shape index (κ2) is 5.80. The molecule has 1 aliphatic carbocycles. The zero-order valence-corrected chi connectivity index (χ0v) is 11.7. The largest absolute Gasteiger partial charge is 0.378 e. The number of carbonyl (C=O) groups excluding carboxylic acids is 1. The summed E-state index contributed by atoms with van der Waals surface area (Å²) >= 11 is 0. The van der Waals surface area contributed by atoms with Crippen LogP contribution in [0.2, 0.25) is 0 Å². The van der Waals surface area contributed by atoms with Gasteiger partial charge in [-0.1, -0.05) is 0 Å². The fourth-order valence-electron chi connectivity index (χ4n) is 3.73. The predicted molar refractivity (Wildman–Crippen MR) is 74.0 cm³/mol. The first-order chi connectivity index (χ1) is 9.26. The number of nitrogens with one attached hydrogen (secondary N) is 2. The molecule has 19 heavy (non-hydrogen) atoms. The number of amides is 1. The lowest BCUT2D eigenvalue weighted by molar-refractivity contribution is -0.122. The number of carbonyl (C=O) groups is 1. The summed E-state index contributed by atoms with van der Waals surface area (Å²) in [5, 5.41) is 6.87. The minimum atomic E-state index is 0.219. The third kappa shape index (κ3) is 3.29. The summed E-state index contributed by atoms with van der Waals surface area (Å²) in [6, 6.07) is 0.388. The van der Waals surface area contributed by atoms with E-state index < -0.39 is 0 Å².